The van der Waals surface area contributed by atoms with Crippen LogP contribution in [0.2, 0.25) is 0 Å². The maximum atomic E-state index is 12.4. The number of piperidine rings is 1. The molecule has 2 aliphatic rings. The maximum absolute atomic E-state index is 12.4. The van der Waals surface area contributed by atoms with Crippen LogP contribution in [-0.2, 0) is 9.53 Å². The number of pyridine rings is 1. The van der Waals surface area contributed by atoms with Crippen molar-refractivity contribution >= 4 is 16.8 Å². The summed E-state index contributed by atoms with van der Waals surface area (Å²) in [5, 5.41) is 4.70. The molecule has 2 N–H and O–H groups in total. The highest BCUT2D eigenvalue weighted by atomic mass is 16.5. The Kier molecular flexibility index (Phi) is 5.80. The third-order valence-electron chi connectivity index (χ3n) is 6.49. The summed E-state index contributed by atoms with van der Waals surface area (Å²) in [7, 11) is 1.62. The van der Waals surface area contributed by atoms with E-state index in [0.717, 1.165) is 67.1 Å². The molecule has 8 heteroatoms. The molecule has 2 aromatic heterocycles. The maximum Gasteiger partial charge on any atom is 0.223 e. The van der Waals surface area contributed by atoms with Gasteiger partial charge in [0, 0.05) is 37.4 Å². The van der Waals surface area contributed by atoms with Crippen LogP contribution >= 0.6 is 0 Å². The highest BCUT2D eigenvalue weighted by Crippen LogP contribution is 2.34. The molecule has 1 aromatic carbocycles. The highest BCUT2D eigenvalue weighted by molar-refractivity contribution is 5.85. The molecule has 1 amide bonds. The van der Waals surface area contributed by atoms with Gasteiger partial charge in [0.15, 0.2) is 0 Å². The van der Waals surface area contributed by atoms with E-state index in [4.69, 9.17) is 9.47 Å². The first-order chi connectivity index (χ1) is 15.6. The standard InChI is InChI=1S/C24H29N5O3/c1-15(30)29-8-7-18(25-11-16-13-32-14-16)10-22(29)23-26-12-21(27-23)19-9-17-5-3-4-6-20(17)28-24(19)31-2/h3-6,9,12,16,18,22,25H,7-8,10-11,13-14H2,1-2H3,(H,26,27)/t18-,22-/m0/s1. The average Bonchev–Trinajstić information content (AvgIpc) is 3.27. The molecule has 0 radical (unpaired) electrons. The van der Waals surface area contributed by atoms with Gasteiger partial charge in [0.05, 0.1) is 49.3 Å². The van der Waals surface area contributed by atoms with Gasteiger partial charge in [0.1, 0.15) is 5.82 Å². The smallest absolute Gasteiger partial charge is 0.223 e. The second-order valence-corrected chi connectivity index (χ2v) is 8.68. The van der Waals surface area contributed by atoms with Crippen molar-refractivity contribution in [3.8, 4) is 17.1 Å². The predicted molar refractivity (Wildman–Crippen MR) is 121 cm³/mol. The van der Waals surface area contributed by atoms with E-state index < -0.39 is 0 Å². The van der Waals surface area contributed by atoms with Crippen molar-refractivity contribution in [2.45, 2.75) is 31.8 Å². The Labute approximate surface area is 187 Å². The number of H-pyrrole nitrogens is 1. The Balaban J connectivity index is 1.41. The molecule has 2 fully saturated rings. The molecule has 2 atom stereocenters. The van der Waals surface area contributed by atoms with Gasteiger partial charge in [-0.15, -0.1) is 0 Å². The molecule has 2 saturated heterocycles. The summed E-state index contributed by atoms with van der Waals surface area (Å²) in [6.07, 6.45) is 3.58. The molecular formula is C24H29N5O3. The number of methoxy groups -OCH3 is 1. The number of nitrogens with zero attached hydrogens (tertiary/aromatic N) is 3. The highest BCUT2D eigenvalue weighted by Gasteiger charge is 2.33. The monoisotopic (exact) mass is 435 g/mol. The molecule has 32 heavy (non-hydrogen) atoms. The van der Waals surface area contributed by atoms with Gasteiger partial charge in [0.25, 0.3) is 0 Å². The number of aromatic nitrogens is 3. The summed E-state index contributed by atoms with van der Waals surface area (Å²) < 4.78 is 10.8. The third kappa shape index (κ3) is 4.08. The lowest BCUT2D eigenvalue weighted by Crippen LogP contribution is -2.48. The molecule has 0 saturated carbocycles. The van der Waals surface area contributed by atoms with Gasteiger partial charge in [-0.05, 0) is 25.0 Å². The Bertz CT molecular complexity index is 1110. The molecule has 2 aliphatic heterocycles. The second kappa shape index (κ2) is 8.88. The average molecular weight is 436 g/mol. The topological polar surface area (TPSA) is 92.4 Å². The molecule has 0 bridgehead atoms. The Hall–Kier alpha value is -2.97. The van der Waals surface area contributed by atoms with Crippen molar-refractivity contribution < 1.29 is 14.3 Å². The molecule has 0 unspecified atom stereocenters. The van der Waals surface area contributed by atoms with Crippen LogP contribution in [0.15, 0.2) is 36.5 Å². The van der Waals surface area contributed by atoms with Crippen LogP contribution < -0.4 is 10.1 Å². The van der Waals surface area contributed by atoms with Crippen molar-refractivity contribution in [1.82, 2.24) is 25.2 Å². The number of carbonyl (C=O) groups is 1. The van der Waals surface area contributed by atoms with Crippen LogP contribution in [0.1, 0.15) is 31.6 Å². The van der Waals surface area contributed by atoms with E-state index in [1.54, 1.807) is 14.0 Å². The molecule has 168 valence electrons. The first kappa shape index (κ1) is 20.9. The molecule has 5 rings (SSSR count). The van der Waals surface area contributed by atoms with Crippen LogP contribution in [-0.4, -0.2) is 65.2 Å². The lowest BCUT2D eigenvalue weighted by Gasteiger charge is -2.39. The van der Waals surface area contributed by atoms with Crippen LogP contribution in [0, 0.1) is 5.92 Å². The second-order valence-electron chi connectivity index (χ2n) is 8.68. The van der Waals surface area contributed by atoms with Crippen molar-refractivity contribution in [1.29, 1.82) is 0 Å². The zero-order chi connectivity index (χ0) is 22.1. The number of benzene rings is 1. The van der Waals surface area contributed by atoms with E-state index in [1.165, 1.54) is 0 Å². The number of nitrogens with one attached hydrogen (secondary N) is 2. The Morgan fingerprint density at radius 1 is 1.34 bits per heavy atom. The van der Waals surface area contributed by atoms with Crippen molar-refractivity contribution in [3.63, 3.8) is 0 Å². The summed E-state index contributed by atoms with van der Waals surface area (Å²) in [6.45, 7) is 4.99. The van der Waals surface area contributed by atoms with Crippen LogP contribution in [0.4, 0.5) is 0 Å². The molecular weight excluding hydrogens is 406 g/mol. The normalized spacial score (nSPS) is 21.5. The quantitative estimate of drug-likeness (QED) is 0.619. The number of rotatable bonds is 6. The minimum Gasteiger partial charge on any atom is -0.480 e. The number of para-hydroxylation sites is 1. The van der Waals surface area contributed by atoms with E-state index >= 15 is 0 Å². The lowest BCUT2D eigenvalue weighted by molar-refractivity contribution is -0.133. The summed E-state index contributed by atoms with van der Waals surface area (Å²) in [5.74, 6) is 2.02. The van der Waals surface area contributed by atoms with Gasteiger partial charge < -0.3 is 24.7 Å². The minimum absolute atomic E-state index is 0.0729. The van der Waals surface area contributed by atoms with E-state index in [9.17, 15) is 4.79 Å². The van der Waals surface area contributed by atoms with E-state index in [-0.39, 0.29) is 11.9 Å². The summed E-state index contributed by atoms with van der Waals surface area (Å²) in [4.78, 5) is 27.1. The van der Waals surface area contributed by atoms with E-state index in [2.05, 4.69) is 26.3 Å². The number of amides is 1. The lowest BCUT2D eigenvalue weighted by atomic mass is 9.95. The molecule has 0 spiro atoms. The molecule has 3 aromatic rings. The molecule has 4 heterocycles. The third-order valence-corrected chi connectivity index (χ3v) is 6.49. The van der Waals surface area contributed by atoms with Gasteiger partial charge in [-0.1, -0.05) is 18.2 Å². The number of likely N-dealkylation sites (tertiary alicyclic amines) is 1. The molecule has 0 aliphatic carbocycles. The predicted octanol–water partition coefficient (Wildman–Crippen LogP) is 2.92. The zero-order valence-electron chi connectivity index (χ0n) is 18.5. The first-order valence-electron chi connectivity index (χ1n) is 11.2. The van der Waals surface area contributed by atoms with Gasteiger partial charge >= 0.3 is 0 Å². The summed E-state index contributed by atoms with van der Waals surface area (Å²) in [5.41, 5.74) is 2.57. The van der Waals surface area contributed by atoms with Crippen LogP contribution in [0.5, 0.6) is 5.88 Å². The summed E-state index contributed by atoms with van der Waals surface area (Å²) >= 11 is 0. The zero-order valence-corrected chi connectivity index (χ0v) is 18.5. The fraction of sp³-hybridized carbons (Fsp3) is 0.458. The number of aromatic amines is 1. The number of hydrogen-bond acceptors (Lipinski definition) is 6. The van der Waals surface area contributed by atoms with Gasteiger partial charge in [-0.3, -0.25) is 4.79 Å². The van der Waals surface area contributed by atoms with Crippen molar-refractivity contribution in [2.75, 3.05) is 33.4 Å². The SMILES string of the molecule is COc1nc2ccccc2cc1-c1cnc([C@@H]2C[C@@H](NCC3COC3)CCN2C(C)=O)[nH]1. The molecule has 8 nitrogen and oxygen atoms in total. The van der Waals surface area contributed by atoms with Gasteiger partial charge in [-0.2, -0.15) is 0 Å². The van der Waals surface area contributed by atoms with E-state index in [0.29, 0.717) is 17.8 Å². The number of hydrogen-bond donors (Lipinski definition) is 2. The summed E-state index contributed by atoms with van der Waals surface area (Å²) in [6, 6.07) is 10.3. The number of carbonyl (C=O) groups excluding carboxylic acids is 1. The largest absolute Gasteiger partial charge is 0.480 e. The first-order valence-corrected chi connectivity index (χ1v) is 11.2. The minimum atomic E-state index is -0.0930. The van der Waals surface area contributed by atoms with Crippen molar-refractivity contribution in [3.05, 3.63) is 42.4 Å². The van der Waals surface area contributed by atoms with Crippen LogP contribution in [0.3, 0.4) is 0 Å². The fourth-order valence-corrected chi connectivity index (χ4v) is 4.61. The number of ether oxygens (including phenoxy) is 2. The Morgan fingerprint density at radius 2 is 2.19 bits per heavy atom. The van der Waals surface area contributed by atoms with Gasteiger partial charge in [0.2, 0.25) is 11.8 Å². The van der Waals surface area contributed by atoms with Crippen LogP contribution in [0.25, 0.3) is 22.2 Å². The van der Waals surface area contributed by atoms with E-state index in [1.807, 2.05) is 35.4 Å². The number of imidazole rings is 1. The Morgan fingerprint density at radius 3 is 2.94 bits per heavy atom. The van der Waals surface area contributed by atoms with Crippen molar-refractivity contribution in [2.24, 2.45) is 5.92 Å². The number of fused-ring (bicyclic) bond motifs is 1. The fourth-order valence-electron chi connectivity index (χ4n) is 4.61. The van der Waals surface area contributed by atoms with Gasteiger partial charge in [-0.25, -0.2) is 9.97 Å².